The molecular weight excluding hydrogens is 206 g/mol. The lowest BCUT2D eigenvalue weighted by molar-refractivity contribution is 0.349. The molecule has 1 aromatic rings. The van der Waals surface area contributed by atoms with Crippen molar-refractivity contribution in [3.63, 3.8) is 0 Å². The van der Waals surface area contributed by atoms with E-state index in [0.29, 0.717) is 12.0 Å². The zero-order valence-corrected chi connectivity index (χ0v) is 11.4. The number of benzene rings is 1. The molecule has 0 spiro atoms. The summed E-state index contributed by atoms with van der Waals surface area (Å²) in [6, 6.07) is 9.44. The fourth-order valence-corrected chi connectivity index (χ4v) is 2.86. The van der Waals surface area contributed by atoms with Crippen molar-refractivity contribution in [3.05, 3.63) is 29.8 Å². The van der Waals surface area contributed by atoms with Gasteiger partial charge < -0.3 is 5.32 Å². The molecule has 0 bridgehead atoms. The molecular formula is C16H25N. The predicted molar refractivity (Wildman–Crippen MR) is 75.6 cm³/mol. The minimum absolute atomic E-state index is 0.595. The van der Waals surface area contributed by atoms with Crippen LogP contribution in [0.15, 0.2) is 24.3 Å². The van der Waals surface area contributed by atoms with Crippen molar-refractivity contribution in [1.29, 1.82) is 0 Å². The van der Waals surface area contributed by atoms with Gasteiger partial charge >= 0.3 is 0 Å². The van der Waals surface area contributed by atoms with Crippen molar-refractivity contribution >= 4 is 5.69 Å². The average molecular weight is 231 g/mol. The summed E-state index contributed by atoms with van der Waals surface area (Å²) < 4.78 is 0. The largest absolute Gasteiger partial charge is 0.382 e. The molecule has 1 fully saturated rings. The summed E-state index contributed by atoms with van der Waals surface area (Å²) in [7, 11) is 0. The van der Waals surface area contributed by atoms with Gasteiger partial charge in [0.1, 0.15) is 0 Å². The maximum Gasteiger partial charge on any atom is 0.0377 e. The van der Waals surface area contributed by atoms with Crippen LogP contribution in [0.5, 0.6) is 0 Å². The molecule has 1 nitrogen and oxygen atoms in total. The Morgan fingerprint density at radius 1 is 1.12 bits per heavy atom. The van der Waals surface area contributed by atoms with Gasteiger partial charge in [-0.3, -0.25) is 0 Å². The number of para-hydroxylation sites is 1. The van der Waals surface area contributed by atoms with Crippen LogP contribution in [-0.2, 0) is 0 Å². The third-order valence-electron chi connectivity index (χ3n) is 4.04. The van der Waals surface area contributed by atoms with Gasteiger partial charge in [0.25, 0.3) is 0 Å². The number of hydrogen-bond acceptors (Lipinski definition) is 1. The maximum absolute atomic E-state index is 3.78. The summed E-state index contributed by atoms with van der Waals surface area (Å²) in [5.41, 5.74) is 2.80. The van der Waals surface area contributed by atoms with Crippen LogP contribution in [0.1, 0.15) is 57.9 Å². The van der Waals surface area contributed by atoms with Gasteiger partial charge in [0.15, 0.2) is 0 Å². The highest BCUT2D eigenvalue weighted by Gasteiger charge is 2.21. The van der Waals surface area contributed by atoms with Gasteiger partial charge in [-0.15, -0.1) is 0 Å². The number of rotatable bonds is 3. The van der Waals surface area contributed by atoms with E-state index in [1.54, 1.807) is 0 Å². The molecule has 2 unspecified atom stereocenters. The third kappa shape index (κ3) is 3.02. The predicted octanol–water partition coefficient (Wildman–Crippen LogP) is 4.80. The van der Waals surface area contributed by atoms with Crippen LogP contribution in [0, 0.1) is 5.92 Å². The number of hydrogen-bond donors (Lipinski definition) is 1. The second-order valence-electron chi connectivity index (χ2n) is 5.75. The van der Waals surface area contributed by atoms with Gasteiger partial charge in [-0.05, 0) is 36.3 Å². The van der Waals surface area contributed by atoms with Gasteiger partial charge in [0.05, 0.1) is 0 Å². The van der Waals surface area contributed by atoms with Gasteiger partial charge in [-0.25, -0.2) is 0 Å². The molecule has 17 heavy (non-hydrogen) atoms. The van der Waals surface area contributed by atoms with E-state index in [2.05, 4.69) is 50.4 Å². The molecule has 1 N–H and O–H groups in total. The topological polar surface area (TPSA) is 12.0 Å². The summed E-state index contributed by atoms with van der Waals surface area (Å²) in [6.45, 7) is 6.92. The second kappa shape index (κ2) is 5.57. The van der Waals surface area contributed by atoms with E-state index in [1.807, 2.05) is 0 Å². The SMILES string of the molecule is CC(C)c1ccccc1NC1CCCCC1C. The van der Waals surface area contributed by atoms with Crippen LogP contribution in [-0.4, -0.2) is 6.04 Å². The lowest BCUT2D eigenvalue weighted by Gasteiger charge is -2.31. The lowest BCUT2D eigenvalue weighted by Crippen LogP contribution is -2.30. The first-order chi connectivity index (χ1) is 8.18. The molecule has 0 radical (unpaired) electrons. The lowest BCUT2D eigenvalue weighted by atomic mass is 9.85. The maximum atomic E-state index is 3.78. The molecule has 0 saturated heterocycles. The van der Waals surface area contributed by atoms with Crippen LogP contribution in [0.3, 0.4) is 0 Å². The van der Waals surface area contributed by atoms with Gasteiger partial charge in [0, 0.05) is 11.7 Å². The Labute approximate surface area is 106 Å². The first kappa shape index (κ1) is 12.5. The quantitative estimate of drug-likeness (QED) is 0.788. The zero-order valence-electron chi connectivity index (χ0n) is 11.4. The summed E-state index contributed by atoms with van der Waals surface area (Å²) in [4.78, 5) is 0. The Morgan fingerprint density at radius 2 is 1.82 bits per heavy atom. The standard InChI is InChI=1S/C16H25N/c1-12(2)14-9-5-7-11-16(14)17-15-10-6-4-8-13(15)3/h5,7,9,11-13,15,17H,4,6,8,10H2,1-3H3. The zero-order chi connectivity index (χ0) is 12.3. The minimum Gasteiger partial charge on any atom is -0.382 e. The molecule has 1 aromatic carbocycles. The Balaban J connectivity index is 2.12. The Morgan fingerprint density at radius 3 is 2.53 bits per heavy atom. The Hall–Kier alpha value is -0.980. The highest BCUT2D eigenvalue weighted by Crippen LogP contribution is 2.30. The first-order valence-corrected chi connectivity index (χ1v) is 7.04. The van der Waals surface area contributed by atoms with Crippen LogP contribution < -0.4 is 5.32 Å². The molecule has 0 heterocycles. The van der Waals surface area contributed by atoms with Crippen LogP contribution in [0.2, 0.25) is 0 Å². The van der Waals surface area contributed by atoms with Crippen molar-refractivity contribution in [2.24, 2.45) is 5.92 Å². The number of nitrogens with one attached hydrogen (secondary N) is 1. The molecule has 1 aliphatic rings. The normalized spacial score (nSPS) is 24.9. The van der Waals surface area contributed by atoms with E-state index in [4.69, 9.17) is 0 Å². The number of anilines is 1. The van der Waals surface area contributed by atoms with Gasteiger partial charge in [0.2, 0.25) is 0 Å². The van der Waals surface area contributed by atoms with Crippen molar-refractivity contribution in [1.82, 2.24) is 0 Å². The minimum atomic E-state index is 0.595. The Bertz CT molecular complexity index is 356. The summed E-state index contributed by atoms with van der Waals surface area (Å²) >= 11 is 0. The van der Waals surface area contributed by atoms with Crippen LogP contribution in [0.25, 0.3) is 0 Å². The molecule has 2 rings (SSSR count). The Kier molecular flexibility index (Phi) is 4.09. The van der Waals surface area contributed by atoms with E-state index in [-0.39, 0.29) is 0 Å². The molecule has 1 saturated carbocycles. The van der Waals surface area contributed by atoms with Crippen LogP contribution >= 0.6 is 0 Å². The highest BCUT2D eigenvalue weighted by molar-refractivity contribution is 5.53. The molecule has 1 aliphatic carbocycles. The molecule has 0 aliphatic heterocycles. The highest BCUT2D eigenvalue weighted by atomic mass is 14.9. The fourth-order valence-electron chi connectivity index (χ4n) is 2.86. The first-order valence-electron chi connectivity index (χ1n) is 7.04. The fraction of sp³-hybridized carbons (Fsp3) is 0.625. The molecule has 0 aromatic heterocycles. The van der Waals surface area contributed by atoms with E-state index in [1.165, 1.54) is 36.9 Å². The van der Waals surface area contributed by atoms with Crippen molar-refractivity contribution in [2.75, 3.05) is 5.32 Å². The van der Waals surface area contributed by atoms with E-state index >= 15 is 0 Å². The molecule has 1 heteroatoms. The molecule has 0 amide bonds. The molecule has 94 valence electrons. The van der Waals surface area contributed by atoms with Gasteiger partial charge in [-0.2, -0.15) is 0 Å². The summed E-state index contributed by atoms with van der Waals surface area (Å²) in [5.74, 6) is 1.40. The van der Waals surface area contributed by atoms with Crippen LogP contribution in [0.4, 0.5) is 5.69 Å². The second-order valence-corrected chi connectivity index (χ2v) is 5.75. The van der Waals surface area contributed by atoms with E-state index in [9.17, 15) is 0 Å². The van der Waals surface area contributed by atoms with Crippen molar-refractivity contribution in [3.8, 4) is 0 Å². The van der Waals surface area contributed by atoms with E-state index in [0.717, 1.165) is 5.92 Å². The smallest absolute Gasteiger partial charge is 0.0377 e. The average Bonchev–Trinajstić information content (AvgIpc) is 2.32. The molecule has 2 atom stereocenters. The summed E-state index contributed by atoms with van der Waals surface area (Å²) in [5, 5.41) is 3.78. The summed E-state index contributed by atoms with van der Waals surface area (Å²) in [6.07, 6.45) is 5.49. The van der Waals surface area contributed by atoms with E-state index < -0.39 is 0 Å². The van der Waals surface area contributed by atoms with Crippen molar-refractivity contribution in [2.45, 2.75) is 58.4 Å². The van der Waals surface area contributed by atoms with Crippen molar-refractivity contribution < 1.29 is 0 Å². The van der Waals surface area contributed by atoms with Gasteiger partial charge in [-0.1, -0.05) is 51.8 Å². The third-order valence-corrected chi connectivity index (χ3v) is 4.04. The monoisotopic (exact) mass is 231 g/mol.